The summed E-state index contributed by atoms with van der Waals surface area (Å²) in [6.45, 7) is 2.34. The number of hydrogen-bond acceptors (Lipinski definition) is 3. The molecule has 26 heavy (non-hydrogen) atoms. The summed E-state index contributed by atoms with van der Waals surface area (Å²) in [7, 11) is 0. The second kappa shape index (κ2) is 7.76. The molecule has 1 heterocycles. The zero-order chi connectivity index (χ0) is 18.7. The molecule has 0 unspecified atom stereocenters. The average Bonchev–Trinajstić information content (AvgIpc) is 2.63. The third-order valence-corrected chi connectivity index (χ3v) is 5.51. The summed E-state index contributed by atoms with van der Waals surface area (Å²) in [5, 5.41) is 9.48. The number of carbonyl (C=O) groups excluding carboxylic acids is 1. The van der Waals surface area contributed by atoms with Crippen LogP contribution in [-0.4, -0.2) is 29.3 Å². The van der Waals surface area contributed by atoms with E-state index in [1.807, 2.05) is 31.2 Å². The maximum atomic E-state index is 13.3. The number of carbonyl (C=O) groups is 1. The lowest BCUT2D eigenvalue weighted by atomic mass is 9.85. The van der Waals surface area contributed by atoms with Gasteiger partial charge in [-0.05, 0) is 42.3 Å². The highest BCUT2D eigenvalue weighted by atomic mass is 79.9. The van der Waals surface area contributed by atoms with Crippen LogP contribution >= 0.6 is 15.9 Å². The summed E-state index contributed by atoms with van der Waals surface area (Å²) in [6.07, 6.45) is 0.390. The number of rotatable bonds is 5. The molecule has 1 saturated heterocycles. The molecule has 4 nitrogen and oxygen atoms in total. The van der Waals surface area contributed by atoms with Gasteiger partial charge < -0.3 is 14.7 Å². The number of hydrogen-bond donors (Lipinski definition) is 1. The number of aliphatic hydroxyl groups is 1. The standard InChI is InChI=1S/C20H21BrFNO3/c1-14(15-2-6-17(21)7-3-15)23-12-10-20(11-13-24,26-19(23)25)16-4-8-18(22)9-5-16/h2-9,14,24H,10-13H2,1H3/t14-,20+/m0/s1. The van der Waals surface area contributed by atoms with Gasteiger partial charge in [0.15, 0.2) is 0 Å². The Bertz CT molecular complexity index is 766. The summed E-state index contributed by atoms with van der Waals surface area (Å²) in [5.74, 6) is -0.347. The van der Waals surface area contributed by atoms with Crippen molar-refractivity contribution in [2.45, 2.75) is 31.4 Å². The minimum atomic E-state index is -0.921. The Kier molecular flexibility index (Phi) is 5.63. The van der Waals surface area contributed by atoms with E-state index in [1.165, 1.54) is 12.1 Å². The summed E-state index contributed by atoms with van der Waals surface area (Å²) in [6, 6.07) is 13.6. The molecule has 1 N–H and O–H groups in total. The maximum absolute atomic E-state index is 13.3. The third kappa shape index (κ3) is 3.76. The second-order valence-electron chi connectivity index (χ2n) is 6.51. The van der Waals surface area contributed by atoms with Crippen LogP contribution in [-0.2, 0) is 10.3 Å². The van der Waals surface area contributed by atoms with Gasteiger partial charge in [-0.1, -0.05) is 40.2 Å². The molecule has 1 fully saturated rings. The van der Waals surface area contributed by atoms with Gasteiger partial charge in [0.2, 0.25) is 0 Å². The molecule has 3 rings (SSSR count). The number of nitrogens with zero attached hydrogens (tertiary/aromatic N) is 1. The van der Waals surface area contributed by atoms with E-state index in [0.717, 1.165) is 10.0 Å². The summed E-state index contributed by atoms with van der Waals surface area (Å²) in [5.41, 5.74) is 0.800. The molecule has 1 aliphatic rings. The van der Waals surface area contributed by atoms with Gasteiger partial charge in [-0.2, -0.15) is 0 Å². The quantitative estimate of drug-likeness (QED) is 0.756. The van der Waals surface area contributed by atoms with Crippen molar-refractivity contribution in [1.82, 2.24) is 4.90 Å². The van der Waals surface area contributed by atoms with Gasteiger partial charge >= 0.3 is 6.09 Å². The van der Waals surface area contributed by atoms with Crippen LogP contribution in [0.5, 0.6) is 0 Å². The minimum absolute atomic E-state index is 0.118. The fourth-order valence-corrected chi connectivity index (χ4v) is 3.66. The molecule has 1 amide bonds. The number of ether oxygens (including phenoxy) is 1. The van der Waals surface area contributed by atoms with Crippen molar-refractivity contribution in [3.63, 3.8) is 0 Å². The lowest BCUT2D eigenvalue weighted by Gasteiger charge is -2.43. The lowest BCUT2D eigenvalue weighted by Crippen LogP contribution is -2.49. The van der Waals surface area contributed by atoms with Crippen LogP contribution in [0, 0.1) is 5.82 Å². The van der Waals surface area contributed by atoms with Crippen molar-refractivity contribution >= 4 is 22.0 Å². The predicted molar refractivity (Wildman–Crippen MR) is 100 cm³/mol. The fourth-order valence-electron chi connectivity index (χ4n) is 3.40. The van der Waals surface area contributed by atoms with E-state index in [0.29, 0.717) is 18.5 Å². The van der Waals surface area contributed by atoms with E-state index in [2.05, 4.69) is 15.9 Å². The van der Waals surface area contributed by atoms with Gasteiger partial charge in [-0.15, -0.1) is 0 Å². The largest absolute Gasteiger partial charge is 0.438 e. The molecule has 138 valence electrons. The molecule has 0 bridgehead atoms. The number of benzene rings is 2. The molecule has 0 radical (unpaired) electrons. The Morgan fingerprint density at radius 1 is 1.23 bits per heavy atom. The smallest absolute Gasteiger partial charge is 0.411 e. The van der Waals surface area contributed by atoms with Crippen molar-refractivity contribution in [3.8, 4) is 0 Å². The SMILES string of the molecule is C[C@@H](c1ccc(Br)cc1)N1CC[C@@](CCO)(c2ccc(F)cc2)OC1=O. The zero-order valence-corrected chi connectivity index (χ0v) is 16.1. The highest BCUT2D eigenvalue weighted by Crippen LogP contribution is 2.39. The van der Waals surface area contributed by atoms with Crippen molar-refractivity contribution in [1.29, 1.82) is 0 Å². The summed E-state index contributed by atoms with van der Waals surface area (Å²) < 4.78 is 20.1. The maximum Gasteiger partial charge on any atom is 0.411 e. The Balaban J connectivity index is 1.81. The van der Waals surface area contributed by atoms with Crippen molar-refractivity contribution in [2.24, 2.45) is 0 Å². The molecule has 0 spiro atoms. The molecule has 0 aromatic heterocycles. The van der Waals surface area contributed by atoms with Gasteiger partial charge in [0.05, 0.1) is 6.04 Å². The van der Waals surface area contributed by atoms with Crippen LogP contribution in [0.3, 0.4) is 0 Å². The van der Waals surface area contributed by atoms with Crippen LogP contribution in [0.25, 0.3) is 0 Å². The van der Waals surface area contributed by atoms with Gasteiger partial charge in [-0.25, -0.2) is 9.18 Å². The second-order valence-corrected chi connectivity index (χ2v) is 7.43. The Labute approximate surface area is 160 Å². The van der Waals surface area contributed by atoms with Crippen LogP contribution < -0.4 is 0 Å². The molecule has 1 aliphatic heterocycles. The highest BCUT2D eigenvalue weighted by Gasteiger charge is 2.43. The van der Waals surface area contributed by atoms with Crippen LogP contribution in [0.2, 0.25) is 0 Å². The van der Waals surface area contributed by atoms with E-state index < -0.39 is 11.7 Å². The summed E-state index contributed by atoms with van der Waals surface area (Å²) >= 11 is 3.41. The van der Waals surface area contributed by atoms with Crippen LogP contribution in [0.4, 0.5) is 9.18 Å². The van der Waals surface area contributed by atoms with E-state index in [1.54, 1.807) is 17.0 Å². The number of halogens is 2. The van der Waals surface area contributed by atoms with Gasteiger partial charge in [0.1, 0.15) is 11.4 Å². The first-order chi connectivity index (χ1) is 12.4. The van der Waals surface area contributed by atoms with E-state index >= 15 is 0 Å². The predicted octanol–water partition coefficient (Wildman–Crippen LogP) is 4.77. The number of amides is 1. The van der Waals surface area contributed by atoms with E-state index in [4.69, 9.17) is 4.74 Å². The van der Waals surface area contributed by atoms with Crippen molar-refractivity contribution < 1.29 is 19.0 Å². The first-order valence-corrected chi connectivity index (χ1v) is 9.36. The molecule has 2 atom stereocenters. The van der Waals surface area contributed by atoms with Gasteiger partial charge in [-0.3, -0.25) is 0 Å². The number of aliphatic hydroxyl groups excluding tert-OH is 1. The first kappa shape index (κ1) is 18.9. The molecule has 2 aromatic rings. The Morgan fingerprint density at radius 3 is 2.46 bits per heavy atom. The monoisotopic (exact) mass is 421 g/mol. The normalized spacial score (nSPS) is 21.4. The Hall–Kier alpha value is -1.92. The Morgan fingerprint density at radius 2 is 1.88 bits per heavy atom. The van der Waals surface area contributed by atoms with Crippen molar-refractivity contribution in [2.75, 3.05) is 13.2 Å². The molecule has 2 aromatic carbocycles. The van der Waals surface area contributed by atoms with Crippen LogP contribution in [0.15, 0.2) is 53.0 Å². The molecule has 0 aliphatic carbocycles. The minimum Gasteiger partial charge on any atom is -0.438 e. The van der Waals surface area contributed by atoms with Gasteiger partial charge in [0, 0.05) is 30.5 Å². The van der Waals surface area contributed by atoms with Crippen LogP contribution in [0.1, 0.15) is 36.9 Å². The highest BCUT2D eigenvalue weighted by molar-refractivity contribution is 9.10. The molecule has 0 saturated carbocycles. The van der Waals surface area contributed by atoms with E-state index in [-0.39, 0.29) is 24.9 Å². The number of cyclic esters (lactones) is 1. The van der Waals surface area contributed by atoms with E-state index in [9.17, 15) is 14.3 Å². The molecular formula is C20H21BrFNO3. The molecule has 6 heteroatoms. The fraction of sp³-hybridized carbons (Fsp3) is 0.350. The first-order valence-electron chi connectivity index (χ1n) is 8.57. The summed E-state index contributed by atoms with van der Waals surface area (Å²) in [4.78, 5) is 14.4. The zero-order valence-electron chi connectivity index (χ0n) is 14.5. The molecular weight excluding hydrogens is 401 g/mol. The van der Waals surface area contributed by atoms with Crippen molar-refractivity contribution in [3.05, 3.63) is 69.9 Å². The average molecular weight is 422 g/mol. The van der Waals surface area contributed by atoms with Gasteiger partial charge in [0.25, 0.3) is 0 Å². The lowest BCUT2D eigenvalue weighted by molar-refractivity contribution is -0.0718. The third-order valence-electron chi connectivity index (χ3n) is 4.98. The topological polar surface area (TPSA) is 49.8 Å².